The Morgan fingerprint density at radius 1 is 0.594 bits per heavy atom. The third-order valence-electron chi connectivity index (χ3n) is 18.8. The van der Waals surface area contributed by atoms with E-state index in [9.17, 15) is 51.1 Å². The number of rotatable bonds is 13. The Labute approximate surface area is 404 Å². The highest BCUT2D eigenvalue weighted by molar-refractivity contribution is 5.30. The number of methoxy groups -OCH3 is 3. The molecule has 8 fully saturated rings. The highest BCUT2D eigenvalue weighted by Gasteiger charge is 2.80. The number of aliphatic hydroxyl groups excluding tert-OH is 7. The molecule has 4 saturated carbocycles. The summed E-state index contributed by atoms with van der Waals surface area (Å²) in [5, 5.41) is 111. The van der Waals surface area contributed by atoms with Crippen LogP contribution in [0.25, 0.3) is 0 Å². The molecule has 4 saturated heterocycles. The third-order valence-corrected chi connectivity index (χ3v) is 18.8. The van der Waals surface area contributed by atoms with Crippen molar-refractivity contribution in [3.63, 3.8) is 0 Å². The molecule has 21 nitrogen and oxygen atoms in total. The fourth-order valence-corrected chi connectivity index (χ4v) is 14.5. The second-order valence-corrected chi connectivity index (χ2v) is 22.1. The zero-order chi connectivity index (χ0) is 50.3. The number of hydrogen-bond donors (Lipinski definition) is 10. The Bertz CT molecular complexity index is 1730. The maximum absolute atomic E-state index is 12.6. The van der Waals surface area contributed by atoms with Crippen LogP contribution in [0.4, 0.5) is 0 Å². The first-order chi connectivity index (χ1) is 32.5. The topological polar surface area (TPSA) is 304 Å². The summed E-state index contributed by atoms with van der Waals surface area (Å²) in [6.07, 6.45) is -16.4. The SMILES string of the molecule is CO[C@@H]1[C@@H](O)[C@H](O[C@@H]2[C@@H](C)O[C@@H](O[C@H]3[C@@H](OC)C[C@H](O[C@H]4CC[C@@]5(C)[C@@H](CC[C@]6(O)[C@@H]5C[C@@H](O)[C@@]5(C)[C@]6(O)CC[C@@]5(O)C(C)O)C4)O[C@@H]3C)C[C@H]2OC)O[C@H](C)[C@H]1O[C@@H]1O[C@H](CO)[C@@H](O)[C@H](O)[C@H]1O. The summed E-state index contributed by atoms with van der Waals surface area (Å²) in [7, 11) is 4.52. The van der Waals surface area contributed by atoms with Crippen LogP contribution < -0.4 is 0 Å². The molecule has 400 valence electrons. The molecule has 0 aromatic rings. The van der Waals surface area contributed by atoms with Crippen LogP contribution in [0.2, 0.25) is 0 Å². The molecule has 4 aliphatic heterocycles. The molecule has 0 aromatic carbocycles. The Balaban J connectivity index is 0.848. The van der Waals surface area contributed by atoms with Gasteiger partial charge in [0.1, 0.15) is 66.1 Å². The third kappa shape index (κ3) is 8.88. The second-order valence-electron chi connectivity index (χ2n) is 22.1. The lowest BCUT2D eigenvalue weighted by atomic mass is 9.40. The minimum Gasteiger partial charge on any atom is -0.394 e. The van der Waals surface area contributed by atoms with Crippen molar-refractivity contribution in [2.24, 2.45) is 22.7 Å². The predicted molar refractivity (Wildman–Crippen MR) is 237 cm³/mol. The van der Waals surface area contributed by atoms with Gasteiger partial charge < -0.3 is 103 Å². The first-order valence-electron chi connectivity index (χ1n) is 25.1. The van der Waals surface area contributed by atoms with Gasteiger partial charge in [-0.1, -0.05) is 13.8 Å². The molecule has 69 heavy (non-hydrogen) atoms. The average molecular weight is 995 g/mol. The lowest BCUT2D eigenvalue weighted by molar-refractivity contribution is -0.373. The van der Waals surface area contributed by atoms with Gasteiger partial charge in [0.15, 0.2) is 25.2 Å². The molecular formula is C48H82O21. The van der Waals surface area contributed by atoms with Crippen LogP contribution in [-0.4, -0.2) is 225 Å². The van der Waals surface area contributed by atoms with Crippen molar-refractivity contribution in [2.45, 2.75) is 251 Å². The average Bonchev–Trinajstić information content (AvgIpc) is 3.55. The maximum atomic E-state index is 12.6. The van der Waals surface area contributed by atoms with Crippen LogP contribution >= 0.6 is 0 Å². The molecular weight excluding hydrogens is 913 g/mol. The molecule has 0 spiro atoms. The zero-order valence-electron chi connectivity index (χ0n) is 41.5. The van der Waals surface area contributed by atoms with Crippen LogP contribution in [0.3, 0.4) is 0 Å². The van der Waals surface area contributed by atoms with E-state index >= 15 is 0 Å². The van der Waals surface area contributed by atoms with Gasteiger partial charge in [-0.3, -0.25) is 0 Å². The molecule has 28 atom stereocenters. The fourth-order valence-electron chi connectivity index (χ4n) is 14.5. The molecule has 8 rings (SSSR count). The second kappa shape index (κ2) is 20.4. The lowest BCUT2D eigenvalue weighted by Crippen LogP contribution is -2.79. The first-order valence-corrected chi connectivity index (χ1v) is 25.1. The van der Waals surface area contributed by atoms with Gasteiger partial charge in [0.25, 0.3) is 0 Å². The van der Waals surface area contributed by atoms with Crippen LogP contribution in [-0.2, 0) is 52.1 Å². The van der Waals surface area contributed by atoms with Crippen LogP contribution in [0.1, 0.15) is 106 Å². The lowest BCUT2D eigenvalue weighted by Gasteiger charge is -2.69. The monoisotopic (exact) mass is 995 g/mol. The van der Waals surface area contributed by atoms with Crippen LogP contribution in [0.15, 0.2) is 0 Å². The zero-order valence-corrected chi connectivity index (χ0v) is 41.5. The molecule has 0 radical (unpaired) electrons. The Kier molecular flexibility index (Phi) is 16.1. The number of ether oxygens (including phenoxy) is 11. The Hall–Kier alpha value is -0.840. The van der Waals surface area contributed by atoms with Gasteiger partial charge in [-0.2, -0.15) is 0 Å². The molecule has 10 N–H and O–H groups in total. The van der Waals surface area contributed by atoms with Gasteiger partial charge in [0, 0.05) is 34.2 Å². The van der Waals surface area contributed by atoms with Gasteiger partial charge in [0.05, 0.1) is 66.5 Å². The summed E-state index contributed by atoms with van der Waals surface area (Å²) < 4.78 is 67.7. The van der Waals surface area contributed by atoms with E-state index in [4.69, 9.17) is 52.1 Å². The van der Waals surface area contributed by atoms with E-state index < -0.39 is 163 Å². The van der Waals surface area contributed by atoms with Crippen LogP contribution in [0, 0.1) is 22.7 Å². The van der Waals surface area contributed by atoms with E-state index in [-0.39, 0.29) is 37.7 Å². The molecule has 4 aliphatic carbocycles. The normalized spacial score (nSPS) is 56.2. The number of fused-ring (bicyclic) bond motifs is 5. The summed E-state index contributed by atoms with van der Waals surface area (Å²) in [5.74, 6) is -0.294. The Morgan fingerprint density at radius 3 is 1.77 bits per heavy atom. The summed E-state index contributed by atoms with van der Waals surface area (Å²) in [6, 6.07) is 0. The quantitative estimate of drug-likeness (QED) is 0.100. The highest BCUT2D eigenvalue weighted by Crippen LogP contribution is 2.71. The van der Waals surface area contributed by atoms with Crippen molar-refractivity contribution in [1.29, 1.82) is 0 Å². The van der Waals surface area contributed by atoms with Gasteiger partial charge >= 0.3 is 0 Å². The largest absolute Gasteiger partial charge is 0.394 e. The fraction of sp³-hybridized carbons (Fsp3) is 1.00. The standard InChI is InChI=1S/C48H82O21/c1-21-38(67-33-18-28(60-8)39(22(2)63-33)68-43-37(55)41(61-9)40(23(3)64-43)69-42-36(54)35(53)34(52)29(20-49)66-42)27(59-7)17-32(62-21)65-26-11-12-44(5)25(16-26)10-13-47(57)30(44)19-31(51)45(6)46(56,24(4)50)14-15-48(45,47)58/h21-43,49-58H,10-20H2,1-9H3/t21-,22-,23-,24?,25+,26+,27+,28-,29-,30-,31-,32+,33+,34-,35+,36-,37-,38-,39-,40-,41-,42+,43+,44+,45-,46-,47+,48-/m1/s1. The molecule has 21 heteroatoms. The van der Waals surface area contributed by atoms with E-state index in [0.717, 1.165) is 0 Å². The van der Waals surface area contributed by atoms with E-state index in [1.807, 2.05) is 6.92 Å². The molecule has 0 aromatic heterocycles. The van der Waals surface area contributed by atoms with E-state index in [1.54, 1.807) is 27.9 Å². The summed E-state index contributed by atoms with van der Waals surface area (Å²) in [4.78, 5) is 0. The summed E-state index contributed by atoms with van der Waals surface area (Å²) in [6.45, 7) is 9.97. The minimum absolute atomic E-state index is 0.0729. The maximum Gasteiger partial charge on any atom is 0.187 e. The van der Waals surface area contributed by atoms with E-state index in [2.05, 4.69) is 6.92 Å². The molecule has 4 heterocycles. The van der Waals surface area contributed by atoms with Crippen molar-refractivity contribution in [3.8, 4) is 0 Å². The van der Waals surface area contributed by atoms with Gasteiger partial charge in [-0.15, -0.1) is 0 Å². The van der Waals surface area contributed by atoms with Gasteiger partial charge in [-0.25, -0.2) is 0 Å². The summed E-state index contributed by atoms with van der Waals surface area (Å²) in [5.41, 5.74) is -7.02. The Morgan fingerprint density at radius 2 is 1.17 bits per heavy atom. The number of aliphatic hydroxyl groups is 10. The van der Waals surface area contributed by atoms with Crippen LogP contribution in [0.5, 0.6) is 0 Å². The van der Waals surface area contributed by atoms with Crippen molar-refractivity contribution >= 4 is 0 Å². The van der Waals surface area contributed by atoms with Crippen molar-refractivity contribution in [3.05, 3.63) is 0 Å². The van der Waals surface area contributed by atoms with Crippen molar-refractivity contribution < 1.29 is 103 Å². The van der Waals surface area contributed by atoms with Gasteiger partial charge in [0.2, 0.25) is 0 Å². The molecule has 8 aliphatic rings. The first kappa shape index (κ1) is 54.4. The smallest absolute Gasteiger partial charge is 0.187 e. The predicted octanol–water partition coefficient (Wildman–Crippen LogP) is -0.897. The minimum atomic E-state index is -1.79. The summed E-state index contributed by atoms with van der Waals surface area (Å²) >= 11 is 0. The van der Waals surface area contributed by atoms with Gasteiger partial charge in [-0.05, 0) is 96.3 Å². The highest BCUT2D eigenvalue weighted by atomic mass is 16.8. The van der Waals surface area contributed by atoms with E-state index in [1.165, 1.54) is 21.1 Å². The van der Waals surface area contributed by atoms with E-state index in [0.29, 0.717) is 38.5 Å². The molecule has 0 amide bonds. The number of hydrogen-bond acceptors (Lipinski definition) is 21. The van der Waals surface area contributed by atoms with Crippen molar-refractivity contribution in [2.75, 3.05) is 27.9 Å². The molecule has 0 bridgehead atoms. The van der Waals surface area contributed by atoms with Crippen molar-refractivity contribution in [1.82, 2.24) is 0 Å². The molecule has 1 unspecified atom stereocenters.